The number of rotatable bonds is 6. The summed E-state index contributed by atoms with van der Waals surface area (Å²) in [6.45, 7) is -0.851. The van der Waals surface area contributed by atoms with E-state index in [1.54, 1.807) is 24.3 Å². The van der Waals surface area contributed by atoms with Gasteiger partial charge in [-0.2, -0.15) is 4.31 Å². The normalized spacial score (nSPS) is 18.1. The van der Waals surface area contributed by atoms with Crippen molar-refractivity contribution in [3.63, 3.8) is 0 Å². The number of hydrogen-bond donors (Lipinski definition) is 1. The fraction of sp³-hybridized carbons (Fsp3) is 0.222. The second kappa shape index (κ2) is 8.46. The average molecular weight is 488 g/mol. The number of primary amides is 1. The first-order valence-corrected chi connectivity index (χ1v) is 12.4. The minimum absolute atomic E-state index is 0.220. The van der Waals surface area contributed by atoms with Crippen LogP contribution in [0.25, 0.3) is 0 Å². The highest BCUT2D eigenvalue weighted by atomic mass is 35.5. The minimum Gasteiger partial charge on any atom is -0.457 e. The lowest BCUT2D eigenvalue weighted by Gasteiger charge is -2.36. The summed E-state index contributed by atoms with van der Waals surface area (Å²) in [4.78, 5) is 24.1. The van der Waals surface area contributed by atoms with E-state index in [-0.39, 0.29) is 4.90 Å². The van der Waals surface area contributed by atoms with Gasteiger partial charge in [-0.3, -0.25) is 9.59 Å². The highest BCUT2D eigenvalue weighted by Crippen LogP contribution is 2.27. The van der Waals surface area contributed by atoms with Gasteiger partial charge >= 0.3 is 0 Å². The first-order valence-electron chi connectivity index (χ1n) is 8.77. The SMILES string of the molecule is CS(=O)(=O)N1CCN(S(=O)(=O)c2ccc(Oc3ccc(Cl)cc3)cc2)C(C(N)=O)C1=O. The second-order valence-corrected chi connectivity index (χ2v) is 10.9. The van der Waals surface area contributed by atoms with Crippen LogP contribution in [0.5, 0.6) is 11.5 Å². The summed E-state index contributed by atoms with van der Waals surface area (Å²) in [6.07, 6.45) is 0.784. The lowest BCUT2D eigenvalue weighted by atomic mass is 10.2. The molecule has 0 bridgehead atoms. The van der Waals surface area contributed by atoms with E-state index >= 15 is 0 Å². The molecule has 1 heterocycles. The van der Waals surface area contributed by atoms with Crippen molar-refractivity contribution in [1.82, 2.24) is 8.61 Å². The molecular weight excluding hydrogens is 470 g/mol. The van der Waals surface area contributed by atoms with E-state index in [1.165, 1.54) is 24.3 Å². The Labute approximate surface area is 184 Å². The lowest BCUT2D eigenvalue weighted by molar-refractivity contribution is -0.139. The van der Waals surface area contributed by atoms with E-state index in [9.17, 15) is 26.4 Å². The number of carbonyl (C=O) groups is 2. The number of halogens is 1. The van der Waals surface area contributed by atoms with Gasteiger partial charge in [0, 0.05) is 11.6 Å². The van der Waals surface area contributed by atoms with Crippen LogP contribution in [0.15, 0.2) is 53.4 Å². The number of amides is 2. The maximum atomic E-state index is 13.1. The van der Waals surface area contributed by atoms with Crippen LogP contribution >= 0.6 is 11.6 Å². The Hall–Kier alpha value is -2.67. The number of nitrogens with two attached hydrogens (primary N) is 1. The Kier molecular flexibility index (Phi) is 6.28. The van der Waals surface area contributed by atoms with Gasteiger partial charge in [0.1, 0.15) is 11.5 Å². The van der Waals surface area contributed by atoms with E-state index in [4.69, 9.17) is 22.1 Å². The third kappa shape index (κ3) is 4.82. The van der Waals surface area contributed by atoms with Gasteiger partial charge in [-0.05, 0) is 48.5 Å². The van der Waals surface area contributed by atoms with E-state index in [0.717, 1.165) is 6.26 Å². The van der Waals surface area contributed by atoms with Crippen LogP contribution in [-0.2, 0) is 29.6 Å². The van der Waals surface area contributed by atoms with Crippen molar-refractivity contribution in [3.8, 4) is 11.5 Å². The zero-order chi connectivity index (χ0) is 23.0. The van der Waals surface area contributed by atoms with Gasteiger partial charge in [0.25, 0.3) is 5.91 Å². The molecule has 1 unspecified atom stereocenters. The molecule has 0 radical (unpaired) electrons. The smallest absolute Gasteiger partial charge is 0.264 e. The minimum atomic E-state index is -4.34. The number of piperazine rings is 1. The summed E-state index contributed by atoms with van der Waals surface area (Å²) in [7, 11) is -8.32. The van der Waals surface area contributed by atoms with Gasteiger partial charge in [0.2, 0.25) is 26.0 Å². The average Bonchev–Trinajstić information content (AvgIpc) is 2.68. The number of benzene rings is 2. The van der Waals surface area contributed by atoms with Crippen molar-refractivity contribution in [2.45, 2.75) is 10.9 Å². The van der Waals surface area contributed by atoms with Crippen molar-refractivity contribution in [2.24, 2.45) is 5.73 Å². The number of sulfonamides is 2. The zero-order valence-electron chi connectivity index (χ0n) is 16.1. The summed E-state index contributed by atoms with van der Waals surface area (Å²) in [6, 6.07) is 9.84. The van der Waals surface area contributed by atoms with Crippen LogP contribution in [0.1, 0.15) is 0 Å². The Bertz CT molecular complexity index is 1210. The van der Waals surface area contributed by atoms with E-state index in [1.807, 2.05) is 0 Å². The second-order valence-electron chi connectivity index (χ2n) is 6.62. The largest absolute Gasteiger partial charge is 0.457 e. The summed E-state index contributed by atoms with van der Waals surface area (Å²) in [5.41, 5.74) is 5.23. The molecule has 166 valence electrons. The molecule has 2 amide bonds. The molecule has 2 aromatic rings. The Morgan fingerprint density at radius 3 is 2.00 bits per heavy atom. The van der Waals surface area contributed by atoms with E-state index in [2.05, 4.69) is 0 Å². The maximum Gasteiger partial charge on any atom is 0.264 e. The molecule has 2 aromatic carbocycles. The number of hydrogen-bond acceptors (Lipinski definition) is 7. The zero-order valence-corrected chi connectivity index (χ0v) is 18.5. The highest BCUT2D eigenvalue weighted by Gasteiger charge is 2.47. The molecule has 13 heteroatoms. The molecule has 0 spiro atoms. The molecule has 3 rings (SSSR count). The van der Waals surface area contributed by atoms with Gasteiger partial charge in [0.05, 0.1) is 17.7 Å². The number of carbonyl (C=O) groups excluding carboxylic acids is 2. The molecule has 1 fully saturated rings. The van der Waals surface area contributed by atoms with E-state index < -0.39 is 51.0 Å². The predicted molar refractivity (Wildman–Crippen MR) is 111 cm³/mol. The molecule has 1 aliphatic rings. The van der Waals surface area contributed by atoms with Crippen LogP contribution < -0.4 is 10.5 Å². The Morgan fingerprint density at radius 1 is 1.00 bits per heavy atom. The topological polar surface area (TPSA) is 144 Å². The monoisotopic (exact) mass is 487 g/mol. The van der Waals surface area contributed by atoms with Crippen molar-refractivity contribution in [3.05, 3.63) is 53.6 Å². The molecule has 0 saturated carbocycles. The molecule has 1 atom stereocenters. The Morgan fingerprint density at radius 2 is 1.52 bits per heavy atom. The summed E-state index contributed by atoms with van der Waals surface area (Å²) in [5, 5.41) is 0.531. The first-order chi connectivity index (χ1) is 14.4. The van der Waals surface area contributed by atoms with Gasteiger partial charge in [-0.1, -0.05) is 11.6 Å². The maximum absolute atomic E-state index is 13.1. The van der Waals surface area contributed by atoms with E-state index in [0.29, 0.717) is 25.1 Å². The molecule has 1 saturated heterocycles. The summed E-state index contributed by atoms with van der Waals surface area (Å²) < 4.78 is 56.3. The molecule has 31 heavy (non-hydrogen) atoms. The van der Waals surface area contributed by atoms with Crippen LogP contribution in [0.3, 0.4) is 0 Å². The van der Waals surface area contributed by atoms with Crippen molar-refractivity contribution in [1.29, 1.82) is 0 Å². The molecule has 2 N–H and O–H groups in total. The molecule has 10 nitrogen and oxygen atoms in total. The third-order valence-electron chi connectivity index (χ3n) is 4.44. The lowest BCUT2D eigenvalue weighted by Crippen LogP contribution is -2.63. The van der Waals surface area contributed by atoms with Crippen molar-refractivity contribution in [2.75, 3.05) is 19.3 Å². The van der Waals surface area contributed by atoms with Gasteiger partial charge in [-0.25, -0.2) is 21.1 Å². The number of ether oxygens (including phenoxy) is 1. The van der Waals surface area contributed by atoms with Crippen LogP contribution in [0.4, 0.5) is 0 Å². The third-order valence-corrected chi connectivity index (χ3v) is 7.73. The quantitative estimate of drug-likeness (QED) is 0.592. The fourth-order valence-electron chi connectivity index (χ4n) is 2.99. The van der Waals surface area contributed by atoms with Crippen molar-refractivity contribution < 1.29 is 31.2 Å². The first kappa shape index (κ1) is 23.0. The molecule has 1 aliphatic heterocycles. The van der Waals surface area contributed by atoms with Crippen molar-refractivity contribution >= 4 is 43.5 Å². The van der Waals surface area contributed by atoms with Crippen LogP contribution in [0.2, 0.25) is 5.02 Å². The predicted octanol–water partition coefficient (Wildman–Crippen LogP) is 0.779. The summed E-state index contributed by atoms with van der Waals surface area (Å²) >= 11 is 5.82. The standard InChI is InChI=1S/C18H18ClN3O7S2/c1-30(25,26)22-11-10-21(16(17(20)23)18(22)24)31(27,28)15-8-6-14(7-9-15)29-13-4-2-12(19)3-5-13/h2-9,16H,10-11H2,1H3,(H2,20,23). The summed E-state index contributed by atoms with van der Waals surface area (Å²) in [5.74, 6) is -1.67. The van der Waals surface area contributed by atoms with Crippen LogP contribution in [-0.4, -0.2) is 62.6 Å². The molecular formula is C18H18ClN3O7S2. The fourth-order valence-corrected chi connectivity index (χ4v) is 5.50. The van der Waals surface area contributed by atoms with Gasteiger partial charge < -0.3 is 10.5 Å². The number of nitrogens with zero attached hydrogens (tertiary/aromatic N) is 2. The molecule has 0 aromatic heterocycles. The Balaban J connectivity index is 1.87. The molecule has 0 aliphatic carbocycles. The van der Waals surface area contributed by atoms with Gasteiger partial charge in [0.15, 0.2) is 6.04 Å². The highest BCUT2D eigenvalue weighted by molar-refractivity contribution is 7.89. The van der Waals surface area contributed by atoms with Gasteiger partial charge in [-0.15, -0.1) is 0 Å². The van der Waals surface area contributed by atoms with Crippen LogP contribution in [0, 0.1) is 0 Å².